The third kappa shape index (κ3) is 1.99. The van der Waals surface area contributed by atoms with Crippen molar-refractivity contribution in [2.75, 3.05) is 5.32 Å². The average molecular weight is 344 g/mol. The van der Waals surface area contributed by atoms with E-state index in [-0.39, 0.29) is 27.0 Å². The molecule has 3 rings (SSSR count). The molecule has 0 aromatic heterocycles. The van der Waals surface area contributed by atoms with Crippen LogP contribution in [-0.4, -0.2) is 6.04 Å². The summed E-state index contributed by atoms with van der Waals surface area (Å²) in [5.41, 5.74) is 0.574. The number of nitrogens with one attached hydrogen (secondary N) is 1. The van der Waals surface area contributed by atoms with Gasteiger partial charge in [-0.1, -0.05) is 20.8 Å². The van der Waals surface area contributed by atoms with Crippen LogP contribution in [0.4, 0.5) is 14.5 Å². The molecule has 1 aromatic rings. The minimum absolute atomic E-state index is 0.114. The summed E-state index contributed by atoms with van der Waals surface area (Å²) in [6.07, 6.45) is 3.59. The van der Waals surface area contributed by atoms with Crippen molar-refractivity contribution in [3.8, 4) is 0 Å². The van der Waals surface area contributed by atoms with Crippen LogP contribution in [0.3, 0.4) is 0 Å². The first kappa shape index (κ1) is 14.3. The van der Waals surface area contributed by atoms with Crippen LogP contribution in [0.15, 0.2) is 16.6 Å². The fraction of sp³-hybridized carbons (Fsp3) is 0.625. The number of hydrogen-bond donors (Lipinski definition) is 1. The van der Waals surface area contributed by atoms with Crippen molar-refractivity contribution in [1.82, 2.24) is 0 Å². The summed E-state index contributed by atoms with van der Waals surface area (Å²) in [6, 6.07) is 2.63. The molecule has 20 heavy (non-hydrogen) atoms. The van der Waals surface area contributed by atoms with Gasteiger partial charge in [-0.15, -0.1) is 0 Å². The molecule has 0 aliphatic heterocycles. The van der Waals surface area contributed by atoms with Gasteiger partial charge in [0.1, 0.15) is 11.6 Å². The lowest BCUT2D eigenvalue weighted by molar-refractivity contribution is 0.155. The summed E-state index contributed by atoms with van der Waals surface area (Å²) in [6.45, 7) is 6.76. The molecule has 2 bridgehead atoms. The van der Waals surface area contributed by atoms with Crippen molar-refractivity contribution in [3.63, 3.8) is 0 Å². The monoisotopic (exact) mass is 343 g/mol. The molecular weight excluding hydrogens is 324 g/mol. The van der Waals surface area contributed by atoms with E-state index in [9.17, 15) is 8.78 Å². The van der Waals surface area contributed by atoms with Crippen molar-refractivity contribution in [3.05, 3.63) is 28.2 Å². The molecule has 0 heterocycles. The second kappa shape index (κ2) is 4.43. The molecule has 0 spiro atoms. The molecule has 1 nitrogen and oxygen atoms in total. The highest BCUT2D eigenvalue weighted by Crippen LogP contribution is 2.63. The smallest absolute Gasteiger partial charge is 0.147 e. The van der Waals surface area contributed by atoms with E-state index in [2.05, 4.69) is 42.0 Å². The van der Waals surface area contributed by atoms with Crippen LogP contribution in [0.1, 0.15) is 40.0 Å². The molecule has 4 heteroatoms. The van der Waals surface area contributed by atoms with Crippen molar-refractivity contribution >= 4 is 21.6 Å². The Labute approximate surface area is 127 Å². The fourth-order valence-corrected chi connectivity index (χ4v) is 4.77. The molecule has 1 unspecified atom stereocenters. The molecule has 2 saturated carbocycles. The van der Waals surface area contributed by atoms with Gasteiger partial charge >= 0.3 is 0 Å². The van der Waals surface area contributed by atoms with Gasteiger partial charge in [0.15, 0.2) is 0 Å². The first-order chi connectivity index (χ1) is 9.24. The number of halogens is 3. The van der Waals surface area contributed by atoms with Gasteiger partial charge in [0, 0.05) is 12.1 Å². The lowest BCUT2D eigenvalue weighted by Crippen LogP contribution is -2.46. The second-order valence-electron chi connectivity index (χ2n) is 7.24. The van der Waals surface area contributed by atoms with E-state index >= 15 is 0 Å². The zero-order chi connectivity index (χ0) is 14.7. The maximum atomic E-state index is 14.0. The topological polar surface area (TPSA) is 12.0 Å². The van der Waals surface area contributed by atoms with E-state index in [1.165, 1.54) is 31.4 Å². The maximum Gasteiger partial charge on any atom is 0.147 e. The SMILES string of the molecule is CC1(C)C(Nc2cc(F)c(Br)cc2F)[C@]2(C)CC[C@H]1C2. The lowest BCUT2D eigenvalue weighted by atomic mass is 9.68. The van der Waals surface area contributed by atoms with Crippen LogP contribution in [0.25, 0.3) is 0 Å². The first-order valence-electron chi connectivity index (χ1n) is 7.15. The number of fused-ring (bicyclic) bond motifs is 2. The Bertz CT molecular complexity index is 553. The third-order valence-electron chi connectivity index (χ3n) is 5.58. The highest BCUT2D eigenvalue weighted by Gasteiger charge is 2.59. The Morgan fingerprint density at radius 3 is 2.50 bits per heavy atom. The van der Waals surface area contributed by atoms with Gasteiger partial charge in [-0.3, -0.25) is 0 Å². The summed E-state index contributed by atoms with van der Waals surface area (Å²) < 4.78 is 27.9. The quantitative estimate of drug-likeness (QED) is 0.713. The molecule has 2 aliphatic rings. The van der Waals surface area contributed by atoms with Crippen LogP contribution in [-0.2, 0) is 0 Å². The number of hydrogen-bond acceptors (Lipinski definition) is 1. The number of rotatable bonds is 2. The normalized spacial score (nSPS) is 34.5. The molecular formula is C16H20BrF2N. The van der Waals surface area contributed by atoms with E-state index in [0.29, 0.717) is 5.92 Å². The molecule has 1 aromatic carbocycles. The predicted molar refractivity (Wildman–Crippen MR) is 80.7 cm³/mol. The zero-order valence-electron chi connectivity index (χ0n) is 12.1. The molecule has 1 N–H and O–H groups in total. The molecule has 2 aliphatic carbocycles. The summed E-state index contributed by atoms with van der Waals surface area (Å²) in [5.74, 6) is -0.158. The van der Waals surface area contributed by atoms with Crippen molar-refractivity contribution in [1.29, 1.82) is 0 Å². The Morgan fingerprint density at radius 2 is 1.90 bits per heavy atom. The van der Waals surface area contributed by atoms with Gasteiger partial charge in [0.2, 0.25) is 0 Å². The molecule has 2 fully saturated rings. The molecule has 0 radical (unpaired) electrons. The fourth-order valence-electron chi connectivity index (χ4n) is 4.45. The standard InChI is InChI=1S/C16H20BrF2N/c1-15(2)9-4-5-16(3,8-9)14(15)20-13-7-11(18)10(17)6-12(13)19/h6-7,9,14,20H,4-5,8H2,1-3H3/t9-,14?,16+/m0/s1. The Morgan fingerprint density at radius 1 is 1.20 bits per heavy atom. The summed E-state index contributed by atoms with van der Waals surface area (Å²) in [7, 11) is 0. The van der Waals surface area contributed by atoms with Crippen LogP contribution in [0, 0.1) is 28.4 Å². The first-order valence-corrected chi connectivity index (χ1v) is 7.94. The Balaban J connectivity index is 1.93. The molecule has 110 valence electrons. The molecule has 3 atom stereocenters. The van der Waals surface area contributed by atoms with Gasteiger partial charge in [-0.05, 0) is 58.0 Å². The van der Waals surface area contributed by atoms with Crippen molar-refractivity contribution < 1.29 is 8.78 Å². The summed E-state index contributed by atoms with van der Waals surface area (Å²) >= 11 is 3.02. The van der Waals surface area contributed by atoms with Crippen LogP contribution < -0.4 is 5.32 Å². The Hall–Kier alpha value is -0.640. The van der Waals surface area contributed by atoms with E-state index in [4.69, 9.17) is 0 Å². The van der Waals surface area contributed by atoms with Gasteiger partial charge in [0.25, 0.3) is 0 Å². The molecule has 0 amide bonds. The minimum Gasteiger partial charge on any atom is -0.379 e. The van der Waals surface area contributed by atoms with E-state index in [1.807, 2.05) is 0 Å². The highest BCUT2D eigenvalue weighted by molar-refractivity contribution is 9.10. The zero-order valence-corrected chi connectivity index (χ0v) is 13.7. The number of benzene rings is 1. The molecule has 0 saturated heterocycles. The van der Waals surface area contributed by atoms with E-state index < -0.39 is 11.6 Å². The van der Waals surface area contributed by atoms with Crippen LogP contribution >= 0.6 is 15.9 Å². The van der Waals surface area contributed by atoms with Gasteiger partial charge in [-0.2, -0.15) is 0 Å². The van der Waals surface area contributed by atoms with E-state index in [0.717, 1.165) is 0 Å². The van der Waals surface area contributed by atoms with Crippen LogP contribution in [0.2, 0.25) is 0 Å². The summed E-state index contributed by atoms with van der Waals surface area (Å²) in [4.78, 5) is 0. The predicted octanol–water partition coefficient (Wildman–Crippen LogP) is 5.35. The average Bonchev–Trinajstić information content (AvgIpc) is 2.82. The Kier molecular flexibility index (Phi) is 3.16. The second-order valence-corrected chi connectivity index (χ2v) is 8.09. The third-order valence-corrected chi connectivity index (χ3v) is 6.19. The minimum atomic E-state index is -0.431. The van der Waals surface area contributed by atoms with Gasteiger partial charge < -0.3 is 5.32 Å². The lowest BCUT2D eigenvalue weighted by Gasteiger charge is -2.43. The van der Waals surface area contributed by atoms with E-state index in [1.54, 1.807) is 0 Å². The van der Waals surface area contributed by atoms with Crippen molar-refractivity contribution in [2.24, 2.45) is 16.7 Å². The van der Waals surface area contributed by atoms with Crippen molar-refractivity contribution in [2.45, 2.75) is 46.1 Å². The summed E-state index contributed by atoms with van der Waals surface area (Å²) in [5, 5.41) is 3.30. The van der Waals surface area contributed by atoms with Gasteiger partial charge in [0.05, 0.1) is 10.2 Å². The number of anilines is 1. The van der Waals surface area contributed by atoms with Gasteiger partial charge in [-0.25, -0.2) is 8.78 Å². The van der Waals surface area contributed by atoms with Crippen LogP contribution in [0.5, 0.6) is 0 Å². The maximum absolute atomic E-state index is 14.0. The highest BCUT2D eigenvalue weighted by atomic mass is 79.9. The largest absolute Gasteiger partial charge is 0.379 e.